The lowest BCUT2D eigenvalue weighted by molar-refractivity contribution is -0.00282. The lowest BCUT2D eigenvalue weighted by Crippen LogP contribution is -2.27. The first-order valence-electron chi connectivity index (χ1n) is 6.17. The molecule has 0 heterocycles. The maximum atomic E-state index is 10.3. The Morgan fingerprint density at radius 3 is 2.56 bits per heavy atom. The van der Waals surface area contributed by atoms with E-state index in [1.807, 2.05) is 24.3 Å². The number of aliphatic hydroxyl groups excluding tert-OH is 1. The zero-order valence-corrected chi connectivity index (χ0v) is 10.4. The zero-order chi connectivity index (χ0) is 12.8. The highest BCUT2D eigenvalue weighted by atomic mass is 16.3. The molecule has 0 saturated carbocycles. The van der Waals surface area contributed by atoms with Gasteiger partial charge in [-0.15, -0.1) is 0 Å². The van der Waals surface area contributed by atoms with Crippen LogP contribution in [-0.2, 0) is 12.0 Å². The molecule has 2 N–H and O–H groups in total. The standard InChI is InChI=1S/C16H16O2/c1-16(18,10-17)15-8-4-7-13-12-6-3-2-5-11(12)9-14(13)15/h2-8,17-18H,9-10H2,1H3. The Morgan fingerprint density at radius 1 is 1.06 bits per heavy atom. The van der Waals surface area contributed by atoms with Gasteiger partial charge in [0.1, 0.15) is 5.60 Å². The maximum absolute atomic E-state index is 10.3. The lowest BCUT2D eigenvalue weighted by atomic mass is 9.89. The molecule has 2 nitrogen and oxygen atoms in total. The van der Waals surface area contributed by atoms with Crippen LogP contribution in [0.5, 0.6) is 0 Å². The van der Waals surface area contributed by atoms with Crippen molar-refractivity contribution in [1.29, 1.82) is 0 Å². The van der Waals surface area contributed by atoms with Gasteiger partial charge < -0.3 is 10.2 Å². The average Bonchev–Trinajstić information content (AvgIpc) is 2.77. The molecule has 0 aromatic heterocycles. The van der Waals surface area contributed by atoms with Crippen LogP contribution in [0.15, 0.2) is 42.5 Å². The SMILES string of the molecule is CC(O)(CO)c1cccc2c1Cc1ccccc1-2. The average molecular weight is 240 g/mol. The summed E-state index contributed by atoms with van der Waals surface area (Å²) in [5, 5.41) is 19.6. The molecule has 1 aliphatic rings. The Labute approximate surface area is 107 Å². The van der Waals surface area contributed by atoms with Gasteiger partial charge in [0.05, 0.1) is 6.61 Å². The second-order valence-electron chi connectivity index (χ2n) is 5.10. The van der Waals surface area contributed by atoms with Gasteiger partial charge in [-0.1, -0.05) is 42.5 Å². The molecule has 0 bridgehead atoms. The van der Waals surface area contributed by atoms with Crippen LogP contribution < -0.4 is 0 Å². The van der Waals surface area contributed by atoms with E-state index < -0.39 is 5.60 Å². The molecule has 92 valence electrons. The Bertz CT molecular complexity index is 600. The van der Waals surface area contributed by atoms with Crippen molar-refractivity contribution in [3.05, 3.63) is 59.2 Å². The first kappa shape index (κ1) is 11.5. The van der Waals surface area contributed by atoms with Crippen molar-refractivity contribution in [2.45, 2.75) is 18.9 Å². The van der Waals surface area contributed by atoms with E-state index in [-0.39, 0.29) is 6.61 Å². The molecule has 3 rings (SSSR count). The van der Waals surface area contributed by atoms with Gasteiger partial charge in [-0.05, 0) is 41.2 Å². The maximum Gasteiger partial charge on any atom is 0.110 e. The highest BCUT2D eigenvalue weighted by Gasteiger charge is 2.29. The number of hydrogen-bond acceptors (Lipinski definition) is 2. The molecule has 1 atom stereocenters. The van der Waals surface area contributed by atoms with E-state index >= 15 is 0 Å². The van der Waals surface area contributed by atoms with Crippen LogP contribution in [0, 0.1) is 0 Å². The third-order valence-corrected chi connectivity index (χ3v) is 3.74. The summed E-state index contributed by atoms with van der Waals surface area (Å²) in [5.41, 5.74) is 4.50. The second kappa shape index (κ2) is 3.94. The van der Waals surface area contributed by atoms with Crippen LogP contribution in [0.2, 0.25) is 0 Å². The number of rotatable bonds is 2. The molecular formula is C16H16O2. The first-order valence-corrected chi connectivity index (χ1v) is 6.17. The van der Waals surface area contributed by atoms with Gasteiger partial charge in [0.15, 0.2) is 0 Å². The van der Waals surface area contributed by atoms with E-state index in [1.165, 1.54) is 16.7 Å². The van der Waals surface area contributed by atoms with E-state index in [9.17, 15) is 10.2 Å². The molecule has 1 unspecified atom stereocenters. The third kappa shape index (κ3) is 1.57. The number of hydrogen-bond donors (Lipinski definition) is 2. The van der Waals surface area contributed by atoms with Crippen molar-refractivity contribution < 1.29 is 10.2 Å². The number of aliphatic hydroxyl groups is 2. The van der Waals surface area contributed by atoms with Crippen LogP contribution in [0.3, 0.4) is 0 Å². The van der Waals surface area contributed by atoms with Gasteiger partial charge in [0, 0.05) is 0 Å². The molecule has 18 heavy (non-hydrogen) atoms. The van der Waals surface area contributed by atoms with Crippen LogP contribution in [0.1, 0.15) is 23.6 Å². The molecule has 2 aromatic carbocycles. The molecule has 1 aliphatic carbocycles. The lowest BCUT2D eigenvalue weighted by Gasteiger charge is -2.24. The third-order valence-electron chi connectivity index (χ3n) is 3.74. The monoisotopic (exact) mass is 240 g/mol. The summed E-state index contributed by atoms with van der Waals surface area (Å²) in [6, 6.07) is 14.2. The van der Waals surface area contributed by atoms with E-state index in [0.717, 1.165) is 17.5 Å². The molecule has 0 fully saturated rings. The summed E-state index contributed by atoms with van der Waals surface area (Å²) in [5.74, 6) is 0. The predicted molar refractivity (Wildman–Crippen MR) is 71.3 cm³/mol. The van der Waals surface area contributed by atoms with E-state index in [2.05, 4.69) is 18.2 Å². The highest BCUT2D eigenvalue weighted by Crippen LogP contribution is 2.40. The van der Waals surface area contributed by atoms with Crippen LogP contribution in [0.25, 0.3) is 11.1 Å². The summed E-state index contributed by atoms with van der Waals surface area (Å²) in [4.78, 5) is 0. The van der Waals surface area contributed by atoms with Crippen molar-refractivity contribution in [3.8, 4) is 11.1 Å². The summed E-state index contributed by atoms with van der Waals surface area (Å²) >= 11 is 0. The minimum Gasteiger partial charge on any atom is -0.393 e. The topological polar surface area (TPSA) is 40.5 Å². The molecule has 2 aromatic rings. The summed E-state index contributed by atoms with van der Waals surface area (Å²) in [6.07, 6.45) is 0.831. The summed E-state index contributed by atoms with van der Waals surface area (Å²) < 4.78 is 0. The Morgan fingerprint density at radius 2 is 1.78 bits per heavy atom. The van der Waals surface area contributed by atoms with Gasteiger partial charge in [-0.2, -0.15) is 0 Å². The Hall–Kier alpha value is -1.64. The molecule has 2 heteroatoms. The Balaban J connectivity index is 2.20. The second-order valence-corrected chi connectivity index (χ2v) is 5.10. The van der Waals surface area contributed by atoms with Gasteiger partial charge in [0.2, 0.25) is 0 Å². The largest absolute Gasteiger partial charge is 0.393 e. The van der Waals surface area contributed by atoms with E-state index in [0.29, 0.717) is 0 Å². The molecule has 0 spiro atoms. The fraction of sp³-hybridized carbons (Fsp3) is 0.250. The minimum atomic E-state index is -1.17. The van der Waals surface area contributed by atoms with Gasteiger partial charge in [-0.25, -0.2) is 0 Å². The van der Waals surface area contributed by atoms with Crippen molar-refractivity contribution >= 4 is 0 Å². The van der Waals surface area contributed by atoms with Crippen molar-refractivity contribution in [2.75, 3.05) is 6.61 Å². The summed E-state index contributed by atoms with van der Waals surface area (Å²) in [7, 11) is 0. The van der Waals surface area contributed by atoms with Crippen LogP contribution in [0.4, 0.5) is 0 Å². The fourth-order valence-electron chi connectivity index (χ4n) is 2.75. The van der Waals surface area contributed by atoms with E-state index in [4.69, 9.17) is 0 Å². The fourth-order valence-corrected chi connectivity index (χ4v) is 2.75. The molecular weight excluding hydrogens is 224 g/mol. The predicted octanol–water partition coefficient (Wildman–Crippen LogP) is 2.46. The normalized spacial score (nSPS) is 15.9. The van der Waals surface area contributed by atoms with Crippen LogP contribution in [-0.4, -0.2) is 16.8 Å². The minimum absolute atomic E-state index is 0.264. The van der Waals surface area contributed by atoms with Crippen molar-refractivity contribution in [1.82, 2.24) is 0 Å². The summed E-state index contributed by atoms with van der Waals surface area (Å²) in [6.45, 7) is 1.39. The van der Waals surface area contributed by atoms with Crippen molar-refractivity contribution in [3.63, 3.8) is 0 Å². The van der Waals surface area contributed by atoms with E-state index in [1.54, 1.807) is 6.92 Å². The molecule has 0 radical (unpaired) electrons. The van der Waals surface area contributed by atoms with Crippen LogP contribution >= 0.6 is 0 Å². The highest BCUT2D eigenvalue weighted by molar-refractivity contribution is 5.78. The number of benzene rings is 2. The molecule has 0 saturated heterocycles. The zero-order valence-electron chi connectivity index (χ0n) is 10.4. The van der Waals surface area contributed by atoms with Gasteiger partial charge >= 0.3 is 0 Å². The number of fused-ring (bicyclic) bond motifs is 3. The molecule has 0 amide bonds. The van der Waals surface area contributed by atoms with Gasteiger partial charge in [-0.3, -0.25) is 0 Å². The van der Waals surface area contributed by atoms with Crippen molar-refractivity contribution in [2.24, 2.45) is 0 Å². The first-order chi connectivity index (χ1) is 8.63. The quantitative estimate of drug-likeness (QED) is 0.722. The smallest absolute Gasteiger partial charge is 0.110 e. The Kier molecular flexibility index (Phi) is 2.51. The van der Waals surface area contributed by atoms with Gasteiger partial charge in [0.25, 0.3) is 0 Å². The molecule has 0 aliphatic heterocycles.